The van der Waals surface area contributed by atoms with Gasteiger partial charge in [-0.15, -0.1) is 0 Å². The molecule has 198 valence electrons. The number of benzene rings is 1. The minimum atomic E-state index is -1.35. The van der Waals surface area contributed by atoms with Crippen LogP contribution in [0.15, 0.2) is 23.0 Å². The fourth-order valence-electron chi connectivity index (χ4n) is 6.04. The second-order valence-electron chi connectivity index (χ2n) is 10.6. The number of rotatable bonds is 3. The third kappa shape index (κ3) is 3.40. The number of piperazine rings is 1. The van der Waals surface area contributed by atoms with Gasteiger partial charge in [0.25, 0.3) is 5.56 Å². The summed E-state index contributed by atoms with van der Waals surface area (Å²) in [5, 5.41) is 1.01. The topological polar surface area (TPSA) is 95.4 Å². The minimum absolute atomic E-state index is 0.0620. The number of nitrogens with zero attached hydrogens (tertiary/aromatic N) is 4. The van der Waals surface area contributed by atoms with Gasteiger partial charge >= 0.3 is 5.97 Å². The van der Waals surface area contributed by atoms with E-state index in [0.717, 1.165) is 66.2 Å². The Morgan fingerprint density at radius 3 is 2.47 bits per heavy atom. The molecule has 7 rings (SSSR count). The molecule has 0 amide bonds. The Kier molecular flexibility index (Phi) is 5.30. The highest BCUT2D eigenvalue weighted by atomic mass is 16.6. The van der Waals surface area contributed by atoms with Crippen molar-refractivity contribution in [3.8, 4) is 22.9 Å². The van der Waals surface area contributed by atoms with E-state index in [2.05, 4.69) is 16.8 Å². The van der Waals surface area contributed by atoms with Crippen LogP contribution < -0.4 is 15.0 Å². The minimum Gasteiger partial charge on any atom is -0.486 e. The van der Waals surface area contributed by atoms with Crippen LogP contribution in [0.3, 0.4) is 0 Å². The average Bonchev–Trinajstić information content (AvgIpc) is 3.30. The van der Waals surface area contributed by atoms with Gasteiger partial charge in [-0.1, -0.05) is 0 Å². The Balaban J connectivity index is 1.44. The number of carbonyl (C=O) groups is 1. The third-order valence-electron chi connectivity index (χ3n) is 8.46. The average molecular weight is 519 g/mol. The normalized spacial score (nSPS) is 22.7. The molecule has 0 N–H and O–H groups in total. The summed E-state index contributed by atoms with van der Waals surface area (Å²) < 4.78 is 24.5. The van der Waals surface area contributed by atoms with Crippen LogP contribution in [0.4, 0.5) is 0 Å². The summed E-state index contributed by atoms with van der Waals surface area (Å²) in [4.78, 5) is 36.3. The van der Waals surface area contributed by atoms with Crippen molar-refractivity contribution in [3.63, 3.8) is 0 Å². The Bertz CT molecular complexity index is 1560. The zero-order valence-corrected chi connectivity index (χ0v) is 21.8. The second kappa shape index (κ2) is 8.52. The summed E-state index contributed by atoms with van der Waals surface area (Å²) in [7, 11) is 3.61. The van der Waals surface area contributed by atoms with Gasteiger partial charge in [0.2, 0.25) is 0 Å². The predicted octanol–water partition coefficient (Wildman–Crippen LogP) is 1.86. The van der Waals surface area contributed by atoms with E-state index in [1.807, 2.05) is 18.2 Å². The van der Waals surface area contributed by atoms with Crippen molar-refractivity contribution in [2.75, 3.05) is 53.6 Å². The maximum atomic E-state index is 13.8. The lowest BCUT2D eigenvalue weighted by atomic mass is 9.89. The largest absolute Gasteiger partial charge is 0.486 e. The lowest BCUT2D eigenvalue weighted by Crippen LogP contribution is -2.44. The number of carbonyl (C=O) groups excluding carboxylic acids is 1. The molecular formula is C28H30N4O6. The van der Waals surface area contributed by atoms with E-state index in [0.29, 0.717) is 42.3 Å². The van der Waals surface area contributed by atoms with Gasteiger partial charge in [0.1, 0.15) is 19.8 Å². The molecule has 0 spiro atoms. The van der Waals surface area contributed by atoms with Crippen LogP contribution in [-0.2, 0) is 39.6 Å². The lowest BCUT2D eigenvalue weighted by molar-refractivity contribution is -0.173. The van der Waals surface area contributed by atoms with Gasteiger partial charge in [-0.05, 0) is 31.7 Å². The summed E-state index contributed by atoms with van der Waals surface area (Å²) in [6, 6.07) is 5.87. The van der Waals surface area contributed by atoms with Crippen LogP contribution >= 0.6 is 0 Å². The van der Waals surface area contributed by atoms with Crippen molar-refractivity contribution in [2.45, 2.75) is 32.2 Å². The molecule has 4 aliphatic heterocycles. The van der Waals surface area contributed by atoms with Gasteiger partial charge in [-0.2, -0.15) is 0 Å². The number of aromatic nitrogens is 2. The molecule has 4 aliphatic rings. The van der Waals surface area contributed by atoms with Crippen molar-refractivity contribution in [1.29, 1.82) is 0 Å². The lowest BCUT2D eigenvalue weighted by Gasteiger charge is -2.33. The van der Waals surface area contributed by atoms with Crippen molar-refractivity contribution in [2.24, 2.45) is 0 Å². The molecule has 2 aromatic heterocycles. The van der Waals surface area contributed by atoms with Crippen molar-refractivity contribution >= 4 is 16.9 Å². The fraction of sp³-hybridized carbons (Fsp3) is 0.464. The molecule has 38 heavy (non-hydrogen) atoms. The Labute approximate surface area is 219 Å². The molecule has 0 bridgehead atoms. The molecule has 0 radical (unpaired) electrons. The predicted molar refractivity (Wildman–Crippen MR) is 138 cm³/mol. The summed E-state index contributed by atoms with van der Waals surface area (Å²) in [5.41, 5.74) is 3.89. The molecule has 0 aliphatic carbocycles. The maximum Gasteiger partial charge on any atom is 0.343 e. The van der Waals surface area contributed by atoms with Gasteiger partial charge in [0.15, 0.2) is 17.1 Å². The van der Waals surface area contributed by atoms with Crippen LogP contribution in [0.2, 0.25) is 0 Å². The Hall–Kier alpha value is -3.47. The zero-order valence-electron chi connectivity index (χ0n) is 21.8. The number of hydrogen-bond acceptors (Lipinski definition) is 9. The molecule has 1 atom stereocenters. The summed E-state index contributed by atoms with van der Waals surface area (Å²) in [5.74, 6) is 0.901. The molecular weight excluding hydrogens is 488 g/mol. The first-order valence-electron chi connectivity index (χ1n) is 13.0. The number of methoxy groups -OCH3 is 1. The fourth-order valence-corrected chi connectivity index (χ4v) is 6.04. The molecule has 10 nitrogen and oxygen atoms in total. The van der Waals surface area contributed by atoms with Crippen LogP contribution in [0.1, 0.15) is 29.2 Å². The first kappa shape index (κ1) is 23.6. The molecule has 1 aromatic carbocycles. The number of fused-ring (bicyclic) bond motifs is 6. The van der Waals surface area contributed by atoms with Crippen LogP contribution in [0.25, 0.3) is 22.3 Å². The smallest absolute Gasteiger partial charge is 0.343 e. The van der Waals surface area contributed by atoms with Gasteiger partial charge in [-0.3, -0.25) is 9.69 Å². The molecule has 1 saturated heterocycles. The van der Waals surface area contributed by atoms with Crippen LogP contribution in [-0.4, -0.2) is 78.9 Å². The van der Waals surface area contributed by atoms with Gasteiger partial charge in [-0.25, -0.2) is 9.78 Å². The number of hydrogen-bond donors (Lipinski definition) is 0. The summed E-state index contributed by atoms with van der Waals surface area (Å²) >= 11 is 0. The summed E-state index contributed by atoms with van der Waals surface area (Å²) in [6.07, 6.45) is 0. The number of ether oxygens (including phenoxy) is 4. The first-order valence-corrected chi connectivity index (χ1v) is 13.0. The maximum absolute atomic E-state index is 13.8. The molecule has 6 heterocycles. The Morgan fingerprint density at radius 1 is 1.00 bits per heavy atom. The van der Waals surface area contributed by atoms with E-state index in [9.17, 15) is 9.59 Å². The first-order chi connectivity index (χ1) is 18.4. The van der Waals surface area contributed by atoms with E-state index in [1.54, 1.807) is 11.5 Å². The van der Waals surface area contributed by atoms with Crippen molar-refractivity contribution < 1.29 is 23.7 Å². The molecule has 3 aromatic rings. The van der Waals surface area contributed by atoms with Gasteiger partial charge < -0.3 is 28.4 Å². The summed E-state index contributed by atoms with van der Waals surface area (Å²) in [6.45, 7) is 7.69. The number of cyclic esters (lactones) is 1. The molecule has 10 heteroatoms. The number of pyridine rings is 2. The van der Waals surface area contributed by atoms with Gasteiger partial charge in [0.05, 0.1) is 29.0 Å². The highest BCUT2D eigenvalue weighted by Crippen LogP contribution is 2.43. The van der Waals surface area contributed by atoms with E-state index in [4.69, 9.17) is 23.9 Å². The van der Waals surface area contributed by atoms with E-state index in [-0.39, 0.29) is 12.2 Å². The van der Waals surface area contributed by atoms with Gasteiger partial charge in [0, 0.05) is 62.4 Å². The van der Waals surface area contributed by atoms with Crippen molar-refractivity contribution in [1.82, 2.24) is 19.4 Å². The highest BCUT2D eigenvalue weighted by molar-refractivity contribution is 5.91. The quantitative estimate of drug-likeness (QED) is 0.377. The standard InChI is InChI=1S/C28H30N4O6/c1-28(35-3)20-11-22-25-18(14-32(22)26(33)19(20)15-38-27(28)34)17(13-31-6-4-30(2)5-7-31)16-10-23-24(12-21(16)29-25)37-9-8-36-23/h10-12H,4-9,13-15H2,1-3H3/t28-/m0/s1. The zero-order chi connectivity index (χ0) is 26.2. The molecule has 1 fully saturated rings. The van der Waals surface area contributed by atoms with E-state index in [1.165, 1.54) is 7.11 Å². The molecule has 0 saturated carbocycles. The van der Waals surface area contributed by atoms with Crippen molar-refractivity contribution in [3.05, 3.63) is 50.8 Å². The van der Waals surface area contributed by atoms with Crippen LogP contribution in [0, 0.1) is 0 Å². The Morgan fingerprint density at radius 2 is 1.74 bits per heavy atom. The van der Waals surface area contributed by atoms with Crippen LogP contribution in [0.5, 0.6) is 11.5 Å². The van der Waals surface area contributed by atoms with E-state index >= 15 is 0 Å². The SMILES string of the molecule is CO[C@]1(C)C(=O)OCc2c1cc1n(c2=O)Cc2c-1nc1cc3c(cc1c2CN1CCN(C)CC1)OCCO3. The van der Waals surface area contributed by atoms with E-state index < -0.39 is 11.6 Å². The monoisotopic (exact) mass is 518 g/mol. The second-order valence-corrected chi connectivity index (χ2v) is 10.6. The number of likely N-dealkylation sites (N-methyl/N-ethyl adjacent to an activating group) is 1. The third-order valence-corrected chi connectivity index (χ3v) is 8.46. The highest BCUT2D eigenvalue weighted by Gasteiger charge is 2.45. The molecule has 0 unspecified atom stereocenters. The number of esters is 1.